The Morgan fingerprint density at radius 2 is 0.520 bits per heavy atom. The molecule has 0 N–H and O–H groups in total. The minimum Gasteiger partial charge on any atom is -0.462 e. The molecule has 1 atom stereocenters. The van der Waals surface area contributed by atoms with Gasteiger partial charge in [-0.2, -0.15) is 0 Å². The maximum Gasteiger partial charge on any atom is 0.306 e. The molecule has 0 aliphatic rings. The monoisotopic (exact) mass is 1050 g/mol. The molecule has 0 bridgehead atoms. The molecule has 0 aromatic carbocycles. The fourth-order valence-corrected chi connectivity index (χ4v) is 9.61. The summed E-state index contributed by atoms with van der Waals surface area (Å²) >= 11 is 0. The Morgan fingerprint density at radius 1 is 0.280 bits per heavy atom. The third-order valence-electron chi connectivity index (χ3n) is 14.5. The van der Waals surface area contributed by atoms with E-state index in [0.717, 1.165) is 96.3 Å². The fourth-order valence-electron chi connectivity index (χ4n) is 9.61. The summed E-state index contributed by atoms with van der Waals surface area (Å²) in [4.78, 5) is 37.9. The Hall–Kier alpha value is -2.89. The lowest BCUT2D eigenvalue weighted by Crippen LogP contribution is -2.30. The summed E-state index contributed by atoms with van der Waals surface area (Å²) in [6.07, 6.45) is 81.6. The number of hydrogen-bond acceptors (Lipinski definition) is 6. The van der Waals surface area contributed by atoms with Crippen LogP contribution in [-0.2, 0) is 28.6 Å². The second-order valence-electron chi connectivity index (χ2n) is 22.0. The standard InChI is InChI=1S/C69H124O6/c1-4-7-10-13-15-17-19-21-23-25-26-27-28-29-30-31-32-33-34-35-36-37-38-39-40-41-42-44-45-47-49-51-53-56-59-62-68(71)74-65-66(64-73-67(70)61-58-55-12-9-6-3)75-69(72)63-60-57-54-52-50-48-46-43-24-22-20-18-16-14-11-8-5-2/h8,11,16,18-19,21-22,24-26,66H,4-7,9-10,12-15,17,20,23,27-65H2,1-3H3/b11-8-,18-16-,21-19-,24-22-,26-25-. The van der Waals surface area contributed by atoms with Crippen molar-refractivity contribution < 1.29 is 28.6 Å². The van der Waals surface area contributed by atoms with Gasteiger partial charge in [-0.05, 0) is 83.5 Å². The van der Waals surface area contributed by atoms with Gasteiger partial charge in [-0.15, -0.1) is 0 Å². The van der Waals surface area contributed by atoms with Crippen molar-refractivity contribution >= 4 is 17.9 Å². The first kappa shape index (κ1) is 72.1. The molecule has 0 aliphatic heterocycles. The van der Waals surface area contributed by atoms with Crippen molar-refractivity contribution in [3.8, 4) is 0 Å². The summed E-state index contributed by atoms with van der Waals surface area (Å²) in [5, 5.41) is 0. The number of esters is 3. The van der Waals surface area contributed by atoms with Gasteiger partial charge >= 0.3 is 17.9 Å². The highest BCUT2D eigenvalue weighted by atomic mass is 16.6. The van der Waals surface area contributed by atoms with E-state index in [1.54, 1.807) is 0 Å². The summed E-state index contributed by atoms with van der Waals surface area (Å²) in [5.41, 5.74) is 0. The zero-order valence-electron chi connectivity index (χ0n) is 50.1. The van der Waals surface area contributed by atoms with Crippen LogP contribution in [-0.4, -0.2) is 37.2 Å². The van der Waals surface area contributed by atoms with Gasteiger partial charge in [0.05, 0.1) is 0 Å². The molecule has 6 heteroatoms. The van der Waals surface area contributed by atoms with Crippen LogP contribution in [0.15, 0.2) is 60.8 Å². The molecule has 75 heavy (non-hydrogen) atoms. The van der Waals surface area contributed by atoms with Crippen molar-refractivity contribution in [1.82, 2.24) is 0 Å². The third-order valence-corrected chi connectivity index (χ3v) is 14.5. The second kappa shape index (κ2) is 63.6. The molecule has 0 amide bonds. The van der Waals surface area contributed by atoms with Crippen LogP contribution in [0.4, 0.5) is 0 Å². The molecule has 436 valence electrons. The highest BCUT2D eigenvalue weighted by Gasteiger charge is 2.19. The molecule has 0 saturated carbocycles. The van der Waals surface area contributed by atoms with E-state index >= 15 is 0 Å². The summed E-state index contributed by atoms with van der Waals surface area (Å²) in [6.45, 7) is 6.46. The first-order valence-electron chi connectivity index (χ1n) is 32.8. The van der Waals surface area contributed by atoms with Gasteiger partial charge in [-0.1, -0.05) is 300 Å². The molecule has 0 heterocycles. The first-order chi connectivity index (χ1) is 37.0. The van der Waals surface area contributed by atoms with Gasteiger partial charge in [0.15, 0.2) is 6.10 Å². The van der Waals surface area contributed by atoms with Gasteiger partial charge in [-0.25, -0.2) is 0 Å². The van der Waals surface area contributed by atoms with Crippen LogP contribution in [0, 0.1) is 0 Å². The third kappa shape index (κ3) is 61.8. The fraction of sp³-hybridized carbons (Fsp3) is 0.812. The van der Waals surface area contributed by atoms with E-state index in [2.05, 4.69) is 81.5 Å². The molecular formula is C69H124O6. The first-order valence-corrected chi connectivity index (χ1v) is 32.8. The van der Waals surface area contributed by atoms with Gasteiger partial charge in [0.2, 0.25) is 0 Å². The quantitative estimate of drug-likeness (QED) is 0.0261. The molecule has 1 unspecified atom stereocenters. The minimum absolute atomic E-state index is 0.0749. The Kier molecular flexibility index (Phi) is 61.2. The Morgan fingerprint density at radius 3 is 0.813 bits per heavy atom. The van der Waals surface area contributed by atoms with Crippen LogP contribution >= 0.6 is 0 Å². The number of hydrogen-bond donors (Lipinski definition) is 0. The number of unbranched alkanes of at least 4 members (excludes halogenated alkanes) is 39. The van der Waals surface area contributed by atoms with E-state index in [1.807, 2.05) is 0 Å². The van der Waals surface area contributed by atoms with Gasteiger partial charge in [0.25, 0.3) is 0 Å². The predicted octanol–water partition coefficient (Wildman–Crippen LogP) is 22.3. The summed E-state index contributed by atoms with van der Waals surface area (Å²) in [6, 6.07) is 0. The van der Waals surface area contributed by atoms with Gasteiger partial charge in [-0.3, -0.25) is 14.4 Å². The molecule has 0 radical (unpaired) electrons. The highest BCUT2D eigenvalue weighted by Crippen LogP contribution is 2.18. The average molecular weight is 1050 g/mol. The lowest BCUT2D eigenvalue weighted by atomic mass is 10.0. The molecule has 0 spiro atoms. The van der Waals surface area contributed by atoms with E-state index < -0.39 is 6.10 Å². The second-order valence-corrected chi connectivity index (χ2v) is 22.0. The molecule has 0 rings (SSSR count). The van der Waals surface area contributed by atoms with E-state index in [1.165, 1.54) is 205 Å². The Labute approximate surface area is 466 Å². The number of carbonyl (C=O) groups excluding carboxylic acids is 3. The predicted molar refractivity (Wildman–Crippen MR) is 325 cm³/mol. The maximum atomic E-state index is 12.8. The van der Waals surface area contributed by atoms with Crippen LogP contribution < -0.4 is 0 Å². The lowest BCUT2D eigenvalue weighted by molar-refractivity contribution is -0.167. The number of carbonyl (C=O) groups is 3. The van der Waals surface area contributed by atoms with Crippen molar-refractivity contribution in [3.63, 3.8) is 0 Å². The zero-order chi connectivity index (χ0) is 54.3. The number of rotatable bonds is 60. The highest BCUT2D eigenvalue weighted by molar-refractivity contribution is 5.71. The topological polar surface area (TPSA) is 78.9 Å². The van der Waals surface area contributed by atoms with E-state index in [0.29, 0.717) is 19.3 Å². The van der Waals surface area contributed by atoms with Gasteiger partial charge in [0.1, 0.15) is 13.2 Å². The Bertz CT molecular complexity index is 1340. The van der Waals surface area contributed by atoms with Crippen LogP contribution in [0.3, 0.4) is 0 Å². The zero-order valence-corrected chi connectivity index (χ0v) is 50.1. The van der Waals surface area contributed by atoms with Crippen LogP contribution in [0.1, 0.15) is 342 Å². The van der Waals surface area contributed by atoms with Crippen LogP contribution in [0.25, 0.3) is 0 Å². The maximum absolute atomic E-state index is 12.8. The van der Waals surface area contributed by atoms with Crippen molar-refractivity contribution in [2.75, 3.05) is 13.2 Å². The van der Waals surface area contributed by atoms with Gasteiger partial charge < -0.3 is 14.2 Å². The molecule has 0 saturated heterocycles. The van der Waals surface area contributed by atoms with E-state index in [9.17, 15) is 14.4 Å². The SMILES string of the molecule is CC/C=C\C/C=C\C/C=C\CCCCCCCCCC(=O)OC(COC(=O)CCCCCCC)COC(=O)CCCCCCCCCCCCCCCCCCCCCCCCC/C=C\C/C=C\CCCCCCC. The summed E-state index contributed by atoms with van der Waals surface area (Å²) < 4.78 is 16.8. The van der Waals surface area contributed by atoms with Crippen molar-refractivity contribution in [2.45, 2.75) is 348 Å². The van der Waals surface area contributed by atoms with Crippen LogP contribution in [0.5, 0.6) is 0 Å². The van der Waals surface area contributed by atoms with Crippen molar-refractivity contribution in [2.24, 2.45) is 0 Å². The molecule has 0 aromatic rings. The smallest absolute Gasteiger partial charge is 0.306 e. The van der Waals surface area contributed by atoms with E-state index in [4.69, 9.17) is 14.2 Å². The molecule has 0 aromatic heterocycles. The molecular weight excluding hydrogens is 925 g/mol. The summed E-state index contributed by atoms with van der Waals surface area (Å²) in [5.74, 6) is -0.885. The summed E-state index contributed by atoms with van der Waals surface area (Å²) in [7, 11) is 0. The van der Waals surface area contributed by atoms with Crippen molar-refractivity contribution in [1.29, 1.82) is 0 Å². The van der Waals surface area contributed by atoms with Crippen molar-refractivity contribution in [3.05, 3.63) is 60.8 Å². The average Bonchev–Trinajstić information content (AvgIpc) is 3.41. The van der Waals surface area contributed by atoms with Gasteiger partial charge in [0, 0.05) is 19.3 Å². The largest absolute Gasteiger partial charge is 0.462 e. The van der Waals surface area contributed by atoms with Crippen LogP contribution in [0.2, 0.25) is 0 Å². The number of allylic oxidation sites excluding steroid dienone is 10. The number of ether oxygens (including phenoxy) is 3. The molecule has 0 aliphatic carbocycles. The van der Waals surface area contributed by atoms with E-state index in [-0.39, 0.29) is 31.1 Å². The molecule has 6 nitrogen and oxygen atoms in total. The minimum atomic E-state index is -0.774. The lowest BCUT2D eigenvalue weighted by Gasteiger charge is -2.18. The normalized spacial score (nSPS) is 12.4. The molecule has 0 fully saturated rings. The Balaban J connectivity index is 3.88.